The minimum Gasteiger partial charge on any atom is -0.325 e. The second-order valence-electron chi connectivity index (χ2n) is 4.81. The van der Waals surface area contributed by atoms with Gasteiger partial charge in [0.1, 0.15) is 10.9 Å². The summed E-state index contributed by atoms with van der Waals surface area (Å²) >= 11 is 1.24. The largest absolute Gasteiger partial charge is 0.416 e. The van der Waals surface area contributed by atoms with Gasteiger partial charge in [0.25, 0.3) is 0 Å². The molecule has 0 bridgehead atoms. The third-order valence-corrected chi connectivity index (χ3v) is 3.70. The lowest BCUT2D eigenvalue weighted by molar-refractivity contribution is -0.137. The highest BCUT2D eigenvalue weighted by molar-refractivity contribution is 7.99. The van der Waals surface area contributed by atoms with Gasteiger partial charge in [-0.05, 0) is 44.2 Å². The van der Waals surface area contributed by atoms with E-state index in [-0.39, 0.29) is 11.7 Å². The minimum atomic E-state index is -4.39. The molecule has 1 amide bonds. The Hall–Kier alpha value is -2.09. The van der Waals surface area contributed by atoms with Crippen LogP contribution in [0.15, 0.2) is 35.4 Å². The molecule has 0 fully saturated rings. The Balaban J connectivity index is 1.92. The summed E-state index contributed by atoms with van der Waals surface area (Å²) in [5, 5.41) is 3.23. The van der Waals surface area contributed by atoms with Gasteiger partial charge in [0.2, 0.25) is 5.91 Å². The number of amides is 1. The average molecular weight is 341 g/mol. The number of carbonyl (C=O) groups is 1. The zero-order chi connectivity index (χ0) is 17.0. The van der Waals surface area contributed by atoms with Crippen LogP contribution in [0.5, 0.6) is 0 Å². The van der Waals surface area contributed by atoms with E-state index >= 15 is 0 Å². The summed E-state index contributed by atoms with van der Waals surface area (Å²) in [5.74, 6) is 0.413. The van der Waals surface area contributed by atoms with Crippen LogP contribution in [0.1, 0.15) is 17.1 Å². The summed E-state index contributed by atoms with van der Waals surface area (Å²) in [6.45, 7) is 3.60. The third-order valence-electron chi connectivity index (χ3n) is 2.79. The second-order valence-corrected chi connectivity index (χ2v) is 5.80. The van der Waals surface area contributed by atoms with Crippen LogP contribution in [0.25, 0.3) is 0 Å². The molecule has 4 nitrogen and oxygen atoms in total. The van der Waals surface area contributed by atoms with Crippen molar-refractivity contribution in [2.75, 3.05) is 11.1 Å². The van der Waals surface area contributed by atoms with Crippen molar-refractivity contribution in [3.63, 3.8) is 0 Å². The molecule has 0 atom stereocenters. The Morgan fingerprint density at radius 3 is 2.39 bits per heavy atom. The summed E-state index contributed by atoms with van der Waals surface area (Å²) in [6, 6.07) is 6.08. The first-order valence-corrected chi connectivity index (χ1v) is 7.65. The molecule has 1 aromatic carbocycles. The van der Waals surface area contributed by atoms with E-state index in [0.29, 0.717) is 16.5 Å². The van der Waals surface area contributed by atoms with Crippen molar-refractivity contribution in [2.45, 2.75) is 25.0 Å². The van der Waals surface area contributed by atoms with Crippen molar-refractivity contribution in [3.8, 4) is 0 Å². The van der Waals surface area contributed by atoms with Gasteiger partial charge in [-0.2, -0.15) is 13.2 Å². The first-order valence-electron chi connectivity index (χ1n) is 6.66. The van der Waals surface area contributed by atoms with Crippen molar-refractivity contribution < 1.29 is 18.0 Å². The molecule has 23 heavy (non-hydrogen) atoms. The number of rotatable bonds is 4. The number of carbonyl (C=O) groups excluding carboxylic acids is 1. The first kappa shape index (κ1) is 17.3. The molecule has 0 aliphatic heterocycles. The van der Waals surface area contributed by atoms with E-state index in [2.05, 4.69) is 15.3 Å². The monoisotopic (exact) mass is 341 g/mol. The van der Waals surface area contributed by atoms with E-state index in [1.165, 1.54) is 23.9 Å². The summed E-state index contributed by atoms with van der Waals surface area (Å²) in [7, 11) is 0. The molecule has 0 saturated carbocycles. The van der Waals surface area contributed by atoms with E-state index < -0.39 is 11.7 Å². The number of aromatic nitrogens is 2. The van der Waals surface area contributed by atoms with Gasteiger partial charge in [-0.15, -0.1) is 0 Å². The Morgan fingerprint density at radius 2 is 1.83 bits per heavy atom. The topological polar surface area (TPSA) is 54.9 Å². The lowest BCUT2D eigenvalue weighted by Crippen LogP contribution is -2.14. The van der Waals surface area contributed by atoms with E-state index in [0.717, 1.165) is 17.8 Å². The predicted octanol–water partition coefficient (Wildman–Crippen LogP) is 3.84. The standard InChI is InChI=1S/C15H14F3N3OS/c1-9-7-14(20-10(2)19-9)23-8-13(22)21-12-5-3-11(4-6-12)15(16,17)18/h3-7H,8H2,1-2H3,(H,21,22). The lowest BCUT2D eigenvalue weighted by atomic mass is 10.2. The number of hydrogen-bond acceptors (Lipinski definition) is 4. The summed E-state index contributed by atoms with van der Waals surface area (Å²) in [6.07, 6.45) is -4.39. The number of aryl methyl sites for hydroxylation is 2. The van der Waals surface area contributed by atoms with Crippen molar-refractivity contribution in [2.24, 2.45) is 0 Å². The predicted molar refractivity (Wildman–Crippen MR) is 82.3 cm³/mol. The van der Waals surface area contributed by atoms with Gasteiger partial charge in [0, 0.05) is 11.4 Å². The molecular formula is C15H14F3N3OS. The summed E-state index contributed by atoms with van der Waals surface area (Å²) in [4.78, 5) is 20.2. The first-order chi connectivity index (χ1) is 10.7. The highest BCUT2D eigenvalue weighted by Gasteiger charge is 2.29. The quantitative estimate of drug-likeness (QED) is 0.678. The number of benzene rings is 1. The smallest absolute Gasteiger partial charge is 0.325 e. The number of thioether (sulfide) groups is 1. The molecule has 1 N–H and O–H groups in total. The molecular weight excluding hydrogens is 327 g/mol. The summed E-state index contributed by atoms with van der Waals surface area (Å²) < 4.78 is 37.4. The van der Waals surface area contributed by atoms with E-state index in [1.54, 1.807) is 13.0 Å². The molecule has 122 valence electrons. The molecule has 8 heteroatoms. The maximum Gasteiger partial charge on any atom is 0.416 e. The number of nitrogens with one attached hydrogen (secondary N) is 1. The highest BCUT2D eigenvalue weighted by atomic mass is 32.2. The van der Waals surface area contributed by atoms with E-state index in [1.807, 2.05) is 6.92 Å². The minimum absolute atomic E-state index is 0.108. The van der Waals surface area contributed by atoms with Crippen molar-refractivity contribution in [3.05, 3.63) is 47.4 Å². The fourth-order valence-electron chi connectivity index (χ4n) is 1.84. The molecule has 0 aliphatic rings. The van der Waals surface area contributed by atoms with Gasteiger partial charge in [-0.25, -0.2) is 9.97 Å². The molecule has 0 saturated heterocycles. The van der Waals surface area contributed by atoms with Crippen LogP contribution in [-0.4, -0.2) is 21.6 Å². The van der Waals surface area contributed by atoms with Crippen molar-refractivity contribution in [1.29, 1.82) is 0 Å². The molecule has 2 aromatic rings. The second kappa shape index (κ2) is 6.99. The zero-order valence-corrected chi connectivity index (χ0v) is 13.3. The van der Waals surface area contributed by atoms with Gasteiger partial charge in [-0.3, -0.25) is 4.79 Å². The number of anilines is 1. The average Bonchev–Trinajstić information content (AvgIpc) is 2.44. The zero-order valence-electron chi connectivity index (χ0n) is 12.4. The Bertz CT molecular complexity index is 682. The SMILES string of the molecule is Cc1cc(SCC(=O)Nc2ccc(C(F)(F)F)cc2)nc(C)n1. The molecule has 0 aliphatic carbocycles. The number of alkyl halides is 3. The van der Waals surface area contributed by atoms with Gasteiger partial charge in [-0.1, -0.05) is 11.8 Å². The van der Waals surface area contributed by atoms with Crippen molar-refractivity contribution >= 4 is 23.4 Å². The summed E-state index contributed by atoms with van der Waals surface area (Å²) in [5.41, 5.74) is 0.374. The molecule has 0 spiro atoms. The van der Waals surface area contributed by atoms with Crippen LogP contribution in [0.2, 0.25) is 0 Å². The lowest BCUT2D eigenvalue weighted by Gasteiger charge is -2.09. The van der Waals surface area contributed by atoms with Crippen LogP contribution in [0, 0.1) is 13.8 Å². The molecule has 0 radical (unpaired) electrons. The van der Waals surface area contributed by atoms with E-state index in [9.17, 15) is 18.0 Å². The molecule has 1 heterocycles. The number of nitrogens with zero attached hydrogens (tertiary/aromatic N) is 2. The Morgan fingerprint density at radius 1 is 1.17 bits per heavy atom. The van der Waals surface area contributed by atoms with Gasteiger partial charge >= 0.3 is 6.18 Å². The van der Waals surface area contributed by atoms with Gasteiger partial charge in [0.05, 0.1) is 11.3 Å². The fraction of sp³-hybridized carbons (Fsp3) is 0.267. The van der Waals surface area contributed by atoms with Crippen LogP contribution in [0.4, 0.5) is 18.9 Å². The molecule has 2 rings (SSSR count). The maximum absolute atomic E-state index is 12.5. The fourth-order valence-corrected chi connectivity index (χ4v) is 2.64. The van der Waals surface area contributed by atoms with Crippen LogP contribution >= 0.6 is 11.8 Å². The third kappa shape index (κ3) is 5.24. The molecule has 1 aromatic heterocycles. The van der Waals surface area contributed by atoms with Gasteiger partial charge < -0.3 is 5.32 Å². The Kier molecular flexibility index (Phi) is 5.25. The highest BCUT2D eigenvalue weighted by Crippen LogP contribution is 2.29. The van der Waals surface area contributed by atoms with Crippen molar-refractivity contribution in [1.82, 2.24) is 9.97 Å². The number of halogens is 3. The Labute approximate surface area is 135 Å². The maximum atomic E-state index is 12.5. The van der Waals surface area contributed by atoms with Crippen LogP contribution in [-0.2, 0) is 11.0 Å². The van der Waals surface area contributed by atoms with E-state index in [4.69, 9.17) is 0 Å². The number of hydrogen-bond donors (Lipinski definition) is 1. The van der Waals surface area contributed by atoms with Crippen LogP contribution < -0.4 is 5.32 Å². The normalized spacial score (nSPS) is 11.3. The van der Waals surface area contributed by atoms with Gasteiger partial charge in [0.15, 0.2) is 0 Å². The van der Waals surface area contributed by atoms with Crippen LogP contribution in [0.3, 0.4) is 0 Å². The molecule has 0 unspecified atom stereocenters.